The summed E-state index contributed by atoms with van der Waals surface area (Å²) < 4.78 is 5.64. The molecule has 0 spiro atoms. The number of halogens is 1. The van der Waals surface area contributed by atoms with Crippen molar-refractivity contribution in [2.45, 2.75) is 13.0 Å². The molecule has 0 aliphatic heterocycles. The maximum absolute atomic E-state index is 12.5. The lowest BCUT2D eigenvalue weighted by molar-refractivity contribution is -0.384. The van der Waals surface area contributed by atoms with E-state index >= 15 is 0 Å². The van der Waals surface area contributed by atoms with Gasteiger partial charge < -0.3 is 9.73 Å². The van der Waals surface area contributed by atoms with Gasteiger partial charge in [-0.3, -0.25) is 14.9 Å². The van der Waals surface area contributed by atoms with Crippen LogP contribution in [0.4, 0.5) is 5.69 Å². The van der Waals surface area contributed by atoms with Gasteiger partial charge in [-0.1, -0.05) is 41.9 Å². The van der Waals surface area contributed by atoms with Crippen LogP contribution in [0.25, 0.3) is 17.4 Å². The van der Waals surface area contributed by atoms with E-state index in [4.69, 9.17) is 16.0 Å². The molecule has 0 saturated heterocycles. The van der Waals surface area contributed by atoms with Crippen molar-refractivity contribution in [2.24, 2.45) is 0 Å². The van der Waals surface area contributed by atoms with Crippen molar-refractivity contribution < 1.29 is 14.1 Å². The molecule has 8 heteroatoms. The molecular weight excluding hydrogens is 406 g/mol. The van der Waals surface area contributed by atoms with Crippen LogP contribution in [0.3, 0.4) is 0 Å². The molecule has 2 aromatic carbocycles. The smallest absolute Gasteiger partial charge is 0.270 e. The molecule has 3 aromatic rings. The minimum absolute atomic E-state index is 0.130. The number of carbonyl (C=O) groups is 1. The van der Waals surface area contributed by atoms with Gasteiger partial charge in [-0.2, -0.15) is 5.26 Å². The molecule has 0 radical (unpaired) electrons. The Balaban J connectivity index is 1.82. The Morgan fingerprint density at radius 1 is 1.23 bits per heavy atom. The summed E-state index contributed by atoms with van der Waals surface area (Å²) in [5, 5.41) is 23.4. The van der Waals surface area contributed by atoms with E-state index in [0.717, 1.165) is 5.56 Å². The van der Waals surface area contributed by atoms with Crippen molar-refractivity contribution in [1.29, 1.82) is 5.26 Å². The summed E-state index contributed by atoms with van der Waals surface area (Å²) in [7, 11) is 0. The summed E-state index contributed by atoms with van der Waals surface area (Å²) in [6.45, 7) is 1.82. The standard InChI is InChI=1S/C22H16ClN3O4/c1-14(15-5-3-2-4-6-15)25-22(27)16(13-24)11-18-8-10-21(30-18)19-12-17(26(28)29)7-9-20(19)23/h2-12,14H,1H3,(H,25,27)/b16-11+/t14-/m1/s1. The average Bonchev–Trinajstić information content (AvgIpc) is 3.21. The Morgan fingerprint density at radius 2 is 1.97 bits per heavy atom. The van der Waals surface area contributed by atoms with E-state index < -0.39 is 10.8 Å². The van der Waals surface area contributed by atoms with Crippen molar-refractivity contribution in [2.75, 3.05) is 0 Å². The normalized spacial score (nSPS) is 12.1. The fourth-order valence-corrected chi connectivity index (χ4v) is 2.99. The number of rotatable bonds is 6. The lowest BCUT2D eigenvalue weighted by atomic mass is 10.1. The summed E-state index contributed by atoms with van der Waals surface area (Å²) in [5.41, 5.74) is 0.980. The summed E-state index contributed by atoms with van der Waals surface area (Å²) in [4.78, 5) is 22.9. The number of nitriles is 1. The molecule has 0 aliphatic rings. The van der Waals surface area contributed by atoms with Gasteiger partial charge in [-0.15, -0.1) is 0 Å². The number of non-ortho nitro benzene ring substituents is 1. The molecule has 0 saturated carbocycles. The van der Waals surface area contributed by atoms with E-state index in [0.29, 0.717) is 5.56 Å². The lowest BCUT2D eigenvalue weighted by Gasteiger charge is -2.13. The van der Waals surface area contributed by atoms with Gasteiger partial charge in [0, 0.05) is 23.8 Å². The van der Waals surface area contributed by atoms with Crippen LogP contribution in [-0.4, -0.2) is 10.8 Å². The van der Waals surface area contributed by atoms with E-state index in [9.17, 15) is 20.2 Å². The second kappa shape index (κ2) is 9.07. The number of nitro groups is 1. The predicted octanol–water partition coefficient (Wildman–Crippen LogP) is 5.29. The molecule has 1 aromatic heterocycles. The van der Waals surface area contributed by atoms with E-state index in [-0.39, 0.29) is 33.8 Å². The third kappa shape index (κ3) is 4.74. The topological polar surface area (TPSA) is 109 Å². The number of nitrogens with one attached hydrogen (secondary N) is 1. The Kier molecular flexibility index (Phi) is 6.30. The van der Waals surface area contributed by atoms with Crippen molar-refractivity contribution in [3.05, 3.63) is 92.7 Å². The van der Waals surface area contributed by atoms with Gasteiger partial charge >= 0.3 is 0 Å². The average molecular weight is 422 g/mol. The summed E-state index contributed by atoms with van der Waals surface area (Å²) in [6, 6.07) is 18.1. The first-order chi connectivity index (χ1) is 14.4. The number of nitro benzene ring substituents is 1. The van der Waals surface area contributed by atoms with Crippen LogP contribution in [0.1, 0.15) is 24.3 Å². The van der Waals surface area contributed by atoms with Crippen molar-refractivity contribution in [3.8, 4) is 17.4 Å². The van der Waals surface area contributed by atoms with Crippen LogP contribution in [0.15, 0.2) is 70.7 Å². The number of amides is 1. The number of hydrogen-bond donors (Lipinski definition) is 1. The zero-order valence-corrected chi connectivity index (χ0v) is 16.6. The van der Waals surface area contributed by atoms with Crippen LogP contribution >= 0.6 is 11.6 Å². The lowest BCUT2D eigenvalue weighted by Crippen LogP contribution is -2.27. The molecule has 0 unspecified atom stereocenters. The first-order valence-electron chi connectivity index (χ1n) is 8.91. The van der Waals surface area contributed by atoms with Gasteiger partial charge in [0.05, 0.1) is 16.0 Å². The minimum Gasteiger partial charge on any atom is -0.457 e. The summed E-state index contributed by atoms with van der Waals surface area (Å²) in [6.07, 6.45) is 1.31. The van der Waals surface area contributed by atoms with Gasteiger partial charge in [0.15, 0.2) is 0 Å². The monoisotopic (exact) mass is 421 g/mol. The van der Waals surface area contributed by atoms with Crippen LogP contribution < -0.4 is 5.32 Å². The minimum atomic E-state index is -0.541. The number of hydrogen-bond acceptors (Lipinski definition) is 5. The van der Waals surface area contributed by atoms with E-state index in [1.54, 1.807) is 12.1 Å². The number of benzene rings is 2. The molecule has 150 valence electrons. The molecular formula is C22H16ClN3O4. The highest BCUT2D eigenvalue weighted by Gasteiger charge is 2.16. The summed E-state index contributed by atoms with van der Waals surface area (Å²) >= 11 is 6.13. The number of carbonyl (C=O) groups excluding carboxylic acids is 1. The number of furan rings is 1. The second-order valence-corrected chi connectivity index (χ2v) is 6.81. The quantitative estimate of drug-likeness (QED) is 0.251. The zero-order chi connectivity index (χ0) is 21.7. The van der Waals surface area contributed by atoms with Gasteiger partial charge in [-0.05, 0) is 30.7 Å². The third-order valence-corrected chi connectivity index (χ3v) is 4.68. The van der Waals surface area contributed by atoms with Crippen molar-refractivity contribution in [3.63, 3.8) is 0 Å². The highest BCUT2D eigenvalue weighted by molar-refractivity contribution is 6.33. The molecule has 3 rings (SSSR count). The second-order valence-electron chi connectivity index (χ2n) is 6.40. The first-order valence-corrected chi connectivity index (χ1v) is 9.28. The number of nitrogens with zero attached hydrogens (tertiary/aromatic N) is 2. The Morgan fingerprint density at radius 3 is 2.63 bits per heavy atom. The van der Waals surface area contributed by atoms with E-state index in [1.807, 2.05) is 43.3 Å². The molecule has 0 fully saturated rings. The highest BCUT2D eigenvalue weighted by atomic mass is 35.5. The Bertz CT molecular complexity index is 1160. The van der Waals surface area contributed by atoms with Crippen molar-refractivity contribution >= 4 is 29.3 Å². The summed E-state index contributed by atoms with van der Waals surface area (Å²) in [5.74, 6) is -0.0166. The van der Waals surface area contributed by atoms with Gasteiger partial charge in [0.2, 0.25) is 0 Å². The maximum Gasteiger partial charge on any atom is 0.270 e. The molecule has 1 N–H and O–H groups in total. The van der Waals surface area contributed by atoms with Crippen LogP contribution in [0, 0.1) is 21.4 Å². The Labute approximate surface area is 177 Å². The fourth-order valence-electron chi connectivity index (χ4n) is 2.78. The van der Waals surface area contributed by atoms with Gasteiger partial charge in [-0.25, -0.2) is 0 Å². The van der Waals surface area contributed by atoms with Crippen LogP contribution in [0.2, 0.25) is 5.02 Å². The molecule has 1 amide bonds. The Hall–Kier alpha value is -3.89. The largest absolute Gasteiger partial charge is 0.457 e. The molecule has 30 heavy (non-hydrogen) atoms. The maximum atomic E-state index is 12.5. The van der Waals surface area contributed by atoms with Crippen LogP contribution in [0.5, 0.6) is 0 Å². The van der Waals surface area contributed by atoms with E-state index in [1.165, 1.54) is 24.3 Å². The predicted molar refractivity (Wildman–Crippen MR) is 112 cm³/mol. The molecule has 0 bridgehead atoms. The SMILES string of the molecule is C[C@@H](NC(=O)/C(C#N)=C/c1ccc(-c2cc([N+](=O)[O-])ccc2Cl)o1)c1ccccc1. The highest BCUT2D eigenvalue weighted by Crippen LogP contribution is 2.33. The first kappa shape index (κ1) is 20.8. The zero-order valence-electron chi connectivity index (χ0n) is 15.8. The van der Waals surface area contributed by atoms with Crippen LogP contribution in [-0.2, 0) is 4.79 Å². The van der Waals surface area contributed by atoms with Gasteiger partial charge in [0.1, 0.15) is 23.2 Å². The third-order valence-electron chi connectivity index (χ3n) is 4.35. The molecule has 1 heterocycles. The molecule has 1 atom stereocenters. The fraction of sp³-hybridized carbons (Fsp3) is 0.0909. The van der Waals surface area contributed by atoms with E-state index in [2.05, 4.69) is 5.32 Å². The van der Waals surface area contributed by atoms with Gasteiger partial charge in [0.25, 0.3) is 11.6 Å². The van der Waals surface area contributed by atoms with Crippen molar-refractivity contribution in [1.82, 2.24) is 5.32 Å². The molecule has 7 nitrogen and oxygen atoms in total. The molecule has 0 aliphatic carbocycles.